The second-order valence-corrected chi connectivity index (χ2v) is 4.92. The van der Waals surface area contributed by atoms with Crippen LogP contribution in [-0.4, -0.2) is 18.2 Å². The van der Waals surface area contributed by atoms with Crippen LogP contribution in [0.2, 0.25) is 0 Å². The highest BCUT2D eigenvalue weighted by molar-refractivity contribution is 7.99. The number of para-hydroxylation sites is 1. The molecule has 98 valence electrons. The predicted molar refractivity (Wildman–Crippen MR) is 74.9 cm³/mol. The summed E-state index contributed by atoms with van der Waals surface area (Å²) in [6, 6.07) is 12.5. The molecule has 4 nitrogen and oxygen atoms in total. The number of ether oxygens (including phenoxy) is 1. The minimum absolute atomic E-state index is 0.118. The summed E-state index contributed by atoms with van der Waals surface area (Å²) in [5.41, 5.74) is 6.27. The van der Waals surface area contributed by atoms with Crippen molar-refractivity contribution in [3.05, 3.63) is 48.0 Å². The molecule has 0 aromatic heterocycles. The van der Waals surface area contributed by atoms with Crippen molar-refractivity contribution in [1.29, 1.82) is 0 Å². The lowest BCUT2D eigenvalue weighted by atomic mass is 10.2. The minimum atomic E-state index is -1.02. The topological polar surface area (TPSA) is 72.5 Å². The molecule has 0 bridgehead atoms. The van der Waals surface area contributed by atoms with E-state index in [9.17, 15) is 4.79 Å². The standard InChI is InChI=1S/C14H13NO3S/c1-18-9-4-2-5-10(8-9)19-12-7-3-6-11(13(12)15)14(16)17/h2-8H,15H2,1H3,(H,16,17). The van der Waals surface area contributed by atoms with Gasteiger partial charge in [0.2, 0.25) is 0 Å². The molecule has 0 aliphatic heterocycles. The Morgan fingerprint density at radius 3 is 2.68 bits per heavy atom. The van der Waals surface area contributed by atoms with Gasteiger partial charge in [-0.15, -0.1) is 0 Å². The van der Waals surface area contributed by atoms with Crippen LogP contribution in [0.25, 0.3) is 0 Å². The maximum atomic E-state index is 11.0. The van der Waals surface area contributed by atoms with E-state index < -0.39 is 5.97 Å². The Kier molecular flexibility index (Phi) is 3.97. The largest absolute Gasteiger partial charge is 0.497 e. The Morgan fingerprint density at radius 2 is 2.00 bits per heavy atom. The fourth-order valence-corrected chi connectivity index (χ4v) is 2.55. The number of hydrogen-bond acceptors (Lipinski definition) is 4. The summed E-state index contributed by atoms with van der Waals surface area (Å²) in [7, 11) is 1.60. The second-order valence-electron chi connectivity index (χ2n) is 3.80. The van der Waals surface area contributed by atoms with Gasteiger partial charge in [0.05, 0.1) is 18.4 Å². The van der Waals surface area contributed by atoms with Gasteiger partial charge >= 0.3 is 5.97 Å². The Bertz CT molecular complexity index is 613. The van der Waals surface area contributed by atoms with Crippen molar-refractivity contribution in [3.63, 3.8) is 0 Å². The predicted octanol–water partition coefficient (Wildman–Crippen LogP) is 3.13. The van der Waals surface area contributed by atoms with Crippen LogP contribution in [0.3, 0.4) is 0 Å². The van der Waals surface area contributed by atoms with Gasteiger partial charge in [-0.25, -0.2) is 4.79 Å². The van der Waals surface area contributed by atoms with Crippen molar-refractivity contribution in [3.8, 4) is 5.75 Å². The molecule has 0 heterocycles. The number of aromatic carboxylic acids is 1. The first kappa shape index (κ1) is 13.3. The lowest BCUT2D eigenvalue weighted by molar-refractivity contribution is 0.0698. The van der Waals surface area contributed by atoms with Crippen LogP contribution in [0, 0.1) is 0 Å². The monoisotopic (exact) mass is 275 g/mol. The second kappa shape index (κ2) is 5.67. The van der Waals surface area contributed by atoms with E-state index in [1.54, 1.807) is 19.2 Å². The molecule has 0 spiro atoms. The molecule has 0 saturated heterocycles. The number of carboxylic acids is 1. The van der Waals surface area contributed by atoms with Gasteiger partial charge in [-0.05, 0) is 30.3 Å². The van der Waals surface area contributed by atoms with E-state index in [0.717, 1.165) is 10.6 Å². The van der Waals surface area contributed by atoms with Gasteiger partial charge in [0.25, 0.3) is 0 Å². The third kappa shape index (κ3) is 3.00. The molecular formula is C14H13NO3S. The average Bonchev–Trinajstić information content (AvgIpc) is 2.41. The van der Waals surface area contributed by atoms with Crippen LogP contribution in [0.5, 0.6) is 5.75 Å². The van der Waals surface area contributed by atoms with Gasteiger partial charge in [-0.3, -0.25) is 0 Å². The highest BCUT2D eigenvalue weighted by Crippen LogP contribution is 2.35. The number of methoxy groups -OCH3 is 1. The lowest BCUT2D eigenvalue weighted by Crippen LogP contribution is -2.03. The van der Waals surface area contributed by atoms with E-state index in [4.69, 9.17) is 15.6 Å². The zero-order chi connectivity index (χ0) is 13.8. The molecule has 2 rings (SSSR count). The number of benzene rings is 2. The van der Waals surface area contributed by atoms with Gasteiger partial charge in [-0.1, -0.05) is 23.9 Å². The first-order chi connectivity index (χ1) is 9.11. The van der Waals surface area contributed by atoms with E-state index in [1.165, 1.54) is 17.8 Å². The smallest absolute Gasteiger partial charge is 0.337 e. The third-order valence-electron chi connectivity index (χ3n) is 2.57. The van der Waals surface area contributed by atoms with Gasteiger partial charge in [0.15, 0.2) is 0 Å². The van der Waals surface area contributed by atoms with Crippen LogP contribution in [0.4, 0.5) is 5.69 Å². The summed E-state index contributed by atoms with van der Waals surface area (Å²) >= 11 is 1.41. The van der Waals surface area contributed by atoms with Crippen molar-refractivity contribution >= 4 is 23.4 Å². The molecule has 3 N–H and O–H groups in total. The molecule has 5 heteroatoms. The molecule has 0 saturated carbocycles. The number of anilines is 1. The molecule has 0 aliphatic carbocycles. The SMILES string of the molecule is COc1cccc(Sc2cccc(C(=O)O)c2N)c1. The molecule has 0 fully saturated rings. The molecular weight excluding hydrogens is 262 g/mol. The molecule has 2 aromatic carbocycles. The summed E-state index contributed by atoms with van der Waals surface area (Å²) < 4.78 is 5.15. The van der Waals surface area contributed by atoms with Gasteiger partial charge in [0, 0.05) is 9.79 Å². The molecule has 0 aliphatic rings. The maximum Gasteiger partial charge on any atom is 0.337 e. The Morgan fingerprint density at radius 1 is 1.26 bits per heavy atom. The first-order valence-electron chi connectivity index (χ1n) is 5.55. The molecule has 2 aromatic rings. The zero-order valence-corrected chi connectivity index (χ0v) is 11.1. The van der Waals surface area contributed by atoms with Gasteiger partial charge < -0.3 is 15.6 Å². The summed E-state index contributed by atoms with van der Waals surface area (Å²) in [5, 5.41) is 9.03. The Hall–Kier alpha value is -2.14. The summed E-state index contributed by atoms with van der Waals surface area (Å²) in [4.78, 5) is 12.7. The first-order valence-corrected chi connectivity index (χ1v) is 6.37. The summed E-state index contributed by atoms with van der Waals surface area (Å²) in [6.45, 7) is 0. The quantitative estimate of drug-likeness (QED) is 0.839. The molecule has 0 unspecified atom stereocenters. The minimum Gasteiger partial charge on any atom is -0.497 e. The Balaban J connectivity index is 2.33. The molecule has 0 atom stereocenters. The number of carboxylic acid groups (broad SMARTS) is 1. The maximum absolute atomic E-state index is 11.0. The average molecular weight is 275 g/mol. The third-order valence-corrected chi connectivity index (χ3v) is 3.63. The Labute approximate surface area is 115 Å². The van der Waals surface area contributed by atoms with E-state index in [-0.39, 0.29) is 11.3 Å². The fourth-order valence-electron chi connectivity index (χ4n) is 1.61. The van der Waals surface area contributed by atoms with Crippen molar-refractivity contribution in [2.45, 2.75) is 9.79 Å². The van der Waals surface area contributed by atoms with Gasteiger partial charge in [0.1, 0.15) is 5.75 Å². The number of carbonyl (C=O) groups is 1. The number of hydrogen-bond donors (Lipinski definition) is 2. The highest BCUT2D eigenvalue weighted by Gasteiger charge is 2.11. The highest BCUT2D eigenvalue weighted by atomic mass is 32.2. The summed E-state index contributed by atoms with van der Waals surface area (Å²) in [6.07, 6.45) is 0. The number of rotatable bonds is 4. The van der Waals surface area contributed by atoms with Crippen LogP contribution < -0.4 is 10.5 Å². The van der Waals surface area contributed by atoms with E-state index in [1.807, 2.05) is 24.3 Å². The van der Waals surface area contributed by atoms with Crippen LogP contribution >= 0.6 is 11.8 Å². The van der Waals surface area contributed by atoms with E-state index in [2.05, 4.69) is 0 Å². The van der Waals surface area contributed by atoms with Crippen LogP contribution in [0.1, 0.15) is 10.4 Å². The van der Waals surface area contributed by atoms with Crippen molar-refractivity contribution in [2.75, 3.05) is 12.8 Å². The van der Waals surface area contributed by atoms with E-state index in [0.29, 0.717) is 4.90 Å². The van der Waals surface area contributed by atoms with Crippen LogP contribution in [-0.2, 0) is 0 Å². The van der Waals surface area contributed by atoms with Crippen LogP contribution in [0.15, 0.2) is 52.3 Å². The van der Waals surface area contributed by atoms with Crippen molar-refractivity contribution in [1.82, 2.24) is 0 Å². The molecule has 0 amide bonds. The lowest BCUT2D eigenvalue weighted by Gasteiger charge is -2.08. The van der Waals surface area contributed by atoms with Crippen molar-refractivity contribution in [2.24, 2.45) is 0 Å². The van der Waals surface area contributed by atoms with Gasteiger partial charge in [-0.2, -0.15) is 0 Å². The van der Waals surface area contributed by atoms with Crippen molar-refractivity contribution < 1.29 is 14.6 Å². The molecule has 19 heavy (non-hydrogen) atoms. The normalized spacial score (nSPS) is 10.2. The number of nitrogens with two attached hydrogens (primary N) is 1. The zero-order valence-electron chi connectivity index (χ0n) is 10.3. The van der Waals surface area contributed by atoms with E-state index >= 15 is 0 Å². The summed E-state index contributed by atoms with van der Waals surface area (Å²) in [5.74, 6) is -0.274. The number of nitrogen functional groups attached to an aromatic ring is 1. The fraction of sp³-hybridized carbons (Fsp3) is 0.0714. The molecule has 0 radical (unpaired) electrons.